The molecule has 0 unspecified atom stereocenters. The fourth-order valence-corrected chi connectivity index (χ4v) is 9.13. The Morgan fingerprint density at radius 3 is 1.88 bits per heavy atom. The van der Waals surface area contributed by atoms with Crippen molar-refractivity contribution in [3.05, 3.63) is 167 Å². The maximum atomic E-state index is 5.01. The van der Waals surface area contributed by atoms with Gasteiger partial charge in [-0.15, -0.1) is 64.7 Å². The number of benzene rings is 5. The monoisotopic (exact) mass is 951 g/mol. The van der Waals surface area contributed by atoms with Crippen LogP contribution in [0.2, 0.25) is 0 Å². The van der Waals surface area contributed by atoms with Crippen LogP contribution in [0.3, 0.4) is 0 Å². The molecule has 1 radical (unpaired) electrons. The Hall–Kier alpha value is -4.69. The summed E-state index contributed by atoms with van der Waals surface area (Å²) in [6.07, 6.45) is 3.88. The molecule has 0 aliphatic heterocycles. The number of nitrogens with zero attached hydrogens (tertiary/aromatic N) is 2. The molecular formula is C56H58IrN2-2. The van der Waals surface area contributed by atoms with Crippen molar-refractivity contribution in [2.24, 2.45) is 0 Å². The van der Waals surface area contributed by atoms with E-state index in [2.05, 4.69) is 204 Å². The number of hydrogen-bond donors (Lipinski definition) is 0. The van der Waals surface area contributed by atoms with Crippen LogP contribution in [0.1, 0.15) is 129 Å². The predicted octanol–water partition coefficient (Wildman–Crippen LogP) is 14.8. The summed E-state index contributed by atoms with van der Waals surface area (Å²) in [5, 5.41) is 2.60. The minimum atomic E-state index is -0.149. The Morgan fingerprint density at radius 2 is 1.17 bits per heavy atom. The van der Waals surface area contributed by atoms with Crippen molar-refractivity contribution >= 4 is 10.8 Å². The molecule has 5 aromatic carbocycles. The molecule has 0 fully saturated rings. The minimum Gasteiger partial charge on any atom is -0.305 e. The molecule has 0 amide bonds. The number of aromatic nitrogens is 2. The van der Waals surface area contributed by atoms with Crippen molar-refractivity contribution < 1.29 is 20.1 Å². The summed E-state index contributed by atoms with van der Waals surface area (Å²) in [6.45, 7) is 29.6. The van der Waals surface area contributed by atoms with Crippen LogP contribution in [-0.2, 0) is 47.2 Å². The zero-order valence-corrected chi connectivity index (χ0v) is 39.6. The molecule has 0 atom stereocenters. The van der Waals surface area contributed by atoms with Crippen molar-refractivity contribution in [2.75, 3.05) is 0 Å². The van der Waals surface area contributed by atoms with E-state index in [1.807, 2.05) is 18.5 Å². The third-order valence-electron chi connectivity index (χ3n) is 12.7. The maximum absolute atomic E-state index is 5.01. The molecule has 0 bridgehead atoms. The number of pyridine rings is 2. The minimum absolute atomic E-state index is 0. The Balaban J connectivity index is 0.000000214. The van der Waals surface area contributed by atoms with Crippen LogP contribution in [0.15, 0.2) is 116 Å². The van der Waals surface area contributed by atoms with E-state index in [0.717, 1.165) is 22.5 Å². The first-order chi connectivity index (χ1) is 27.2. The molecule has 59 heavy (non-hydrogen) atoms. The van der Waals surface area contributed by atoms with Gasteiger partial charge in [-0.1, -0.05) is 156 Å². The van der Waals surface area contributed by atoms with Gasteiger partial charge in [-0.05, 0) is 100 Å². The second-order valence-corrected chi connectivity index (χ2v) is 20.6. The van der Waals surface area contributed by atoms with E-state index in [4.69, 9.17) is 4.98 Å². The third-order valence-corrected chi connectivity index (χ3v) is 12.7. The van der Waals surface area contributed by atoms with Crippen LogP contribution in [0, 0.1) is 12.1 Å². The van der Waals surface area contributed by atoms with Gasteiger partial charge >= 0.3 is 0 Å². The number of hydrogen-bond acceptors (Lipinski definition) is 2. The Morgan fingerprint density at radius 1 is 0.508 bits per heavy atom. The first-order valence-electron chi connectivity index (χ1n) is 20.9. The molecule has 2 nitrogen and oxygen atoms in total. The van der Waals surface area contributed by atoms with Gasteiger partial charge in [-0.2, -0.15) is 0 Å². The summed E-state index contributed by atoms with van der Waals surface area (Å²) in [5.41, 5.74) is 19.2. The van der Waals surface area contributed by atoms with Crippen molar-refractivity contribution in [1.82, 2.24) is 9.97 Å². The van der Waals surface area contributed by atoms with Gasteiger partial charge in [0.05, 0.1) is 0 Å². The molecule has 0 spiro atoms. The Kier molecular flexibility index (Phi) is 10.6. The predicted molar refractivity (Wildman–Crippen MR) is 246 cm³/mol. The molecule has 2 aromatic heterocycles. The summed E-state index contributed by atoms with van der Waals surface area (Å²) in [6, 6.07) is 44.8. The van der Waals surface area contributed by atoms with Crippen LogP contribution in [-0.4, -0.2) is 9.97 Å². The van der Waals surface area contributed by atoms with Crippen molar-refractivity contribution in [2.45, 2.75) is 117 Å². The first-order valence-corrected chi connectivity index (χ1v) is 20.9. The first kappa shape index (κ1) is 42.4. The molecule has 9 rings (SSSR count). The van der Waals surface area contributed by atoms with Crippen LogP contribution in [0.4, 0.5) is 0 Å². The second-order valence-electron chi connectivity index (χ2n) is 20.6. The fourth-order valence-electron chi connectivity index (χ4n) is 9.13. The molecule has 3 heteroatoms. The van der Waals surface area contributed by atoms with Crippen molar-refractivity contribution in [1.29, 1.82) is 0 Å². The molecular weight excluding hydrogens is 893 g/mol. The van der Waals surface area contributed by atoms with E-state index >= 15 is 0 Å². The molecule has 303 valence electrons. The average Bonchev–Trinajstić information content (AvgIpc) is 3.56. The quantitative estimate of drug-likeness (QED) is 0.161. The standard InChI is InChI=1S/C37H34N.C19H24N.Ir/c1-35(2,3)24-14-15-26-28-20-23(13-16-29(28)36(4,5)31(26)21-24)34-33-27(18-19-38-34)32-25-11-9-8-10-22(25)12-17-30(32)37(33,6)7;1-18(2,3)15-9-7-8-14(12-15)17-13-16(10-11-20-17)19(4,5)6;/h8-12,14-21H,1-7H3;7,9-13H,1-6H3;/q2*-1;. The fraction of sp³-hybridized carbons (Fsp3) is 0.321. The van der Waals surface area contributed by atoms with E-state index in [0.29, 0.717) is 0 Å². The normalized spacial score (nSPS) is 14.7. The van der Waals surface area contributed by atoms with E-state index in [1.165, 1.54) is 72.0 Å². The van der Waals surface area contributed by atoms with Gasteiger partial charge in [-0.3, -0.25) is 0 Å². The van der Waals surface area contributed by atoms with Gasteiger partial charge in [0.2, 0.25) is 0 Å². The molecule has 7 aromatic rings. The summed E-state index contributed by atoms with van der Waals surface area (Å²) in [5.74, 6) is 0. The van der Waals surface area contributed by atoms with Gasteiger partial charge in [0.25, 0.3) is 0 Å². The molecule has 0 saturated carbocycles. The van der Waals surface area contributed by atoms with Crippen molar-refractivity contribution in [3.63, 3.8) is 0 Å². The number of rotatable bonds is 2. The smallest absolute Gasteiger partial charge is 0.0167 e. The maximum Gasteiger partial charge on any atom is 0.0167 e. The largest absolute Gasteiger partial charge is 0.305 e. The van der Waals surface area contributed by atoms with E-state index in [-0.39, 0.29) is 47.2 Å². The summed E-state index contributed by atoms with van der Waals surface area (Å²) in [7, 11) is 0. The van der Waals surface area contributed by atoms with Crippen LogP contribution >= 0.6 is 0 Å². The zero-order valence-electron chi connectivity index (χ0n) is 37.2. The van der Waals surface area contributed by atoms with E-state index in [9.17, 15) is 0 Å². The van der Waals surface area contributed by atoms with Gasteiger partial charge < -0.3 is 9.97 Å². The van der Waals surface area contributed by atoms with Crippen LogP contribution < -0.4 is 0 Å². The Labute approximate surface area is 367 Å². The molecule has 0 N–H and O–H groups in total. The summed E-state index contributed by atoms with van der Waals surface area (Å²) >= 11 is 0. The summed E-state index contributed by atoms with van der Waals surface area (Å²) in [4.78, 5) is 9.53. The second kappa shape index (κ2) is 14.8. The van der Waals surface area contributed by atoms with Crippen molar-refractivity contribution in [3.8, 4) is 44.8 Å². The van der Waals surface area contributed by atoms with Gasteiger partial charge in [0.1, 0.15) is 0 Å². The molecule has 0 saturated heterocycles. The zero-order chi connectivity index (χ0) is 41.6. The van der Waals surface area contributed by atoms with Crippen LogP contribution in [0.5, 0.6) is 0 Å². The average molecular weight is 951 g/mol. The SMILES string of the molecule is CC(C)(C)c1cc[c-]c(-c2cc(C(C)(C)C)ccn2)c1.CC(C)(C)c1ccc2c(c1)C(C)(C)c1c[c-]c(-c3nccc4c3C(C)(C)c3ccc5ccccc5c3-4)cc1-2.[Ir]. The van der Waals surface area contributed by atoms with Gasteiger partial charge in [0.15, 0.2) is 0 Å². The molecule has 2 heterocycles. The van der Waals surface area contributed by atoms with E-state index in [1.54, 1.807) is 0 Å². The Bertz CT molecular complexity index is 2670. The van der Waals surface area contributed by atoms with Crippen LogP contribution in [0.25, 0.3) is 55.5 Å². The number of fused-ring (bicyclic) bond motifs is 8. The van der Waals surface area contributed by atoms with Gasteiger partial charge in [-0.25, -0.2) is 0 Å². The topological polar surface area (TPSA) is 25.8 Å². The molecule has 2 aliphatic carbocycles. The van der Waals surface area contributed by atoms with Gasteiger partial charge in [0, 0.05) is 37.9 Å². The third kappa shape index (κ3) is 7.44. The summed E-state index contributed by atoms with van der Waals surface area (Å²) < 4.78 is 0. The van der Waals surface area contributed by atoms with E-state index < -0.39 is 0 Å². The molecule has 2 aliphatic rings.